The van der Waals surface area contributed by atoms with Crippen molar-refractivity contribution in [1.82, 2.24) is 15.0 Å². The summed E-state index contributed by atoms with van der Waals surface area (Å²) < 4.78 is 4.98. The zero-order valence-electron chi connectivity index (χ0n) is 14.2. The summed E-state index contributed by atoms with van der Waals surface area (Å²) in [6.07, 6.45) is 0. The second-order valence-corrected chi connectivity index (χ2v) is 5.43. The van der Waals surface area contributed by atoms with Crippen LogP contribution in [0.3, 0.4) is 0 Å². The molecule has 8 heteroatoms. The number of rotatable bonds is 7. The fourth-order valence-corrected chi connectivity index (χ4v) is 2.31. The quantitative estimate of drug-likeness (QED) is 0.790. The maximum Gasteiger partial charge on any atom is 0.240 e. The molecule has 7 nitrogen and oxygen atoms in total. The molecule has 24 heavy (non-hydrogen) atoms. The zero-order valence-corrected chi connectivity index (χ0v) is 15.0. The smallest absolute Gasteiger partial charge is 0.240 e. The van der Waals surface area contributed by atoms with Gasteiger partial charge in [-0.3, -0.25) is 9.69 Å². The Kier molecular flexibility index (Phi) is 7.84. The highest BCUT2D eigenvalue weighted by atomic mass is 35.5. The van der Waals surface area contributed by atoms with Gasteiger partial charge in [-0.25, -0.2) is 0 Å². The van der Waals surface area contributed by atoms with E-state index < -0.39 is 0 Å². The van der Waals surface area contributed by atoms with Gasteiger partial charge in [-0.2, -0.15) is 4.98 Å². The normalized spacial score (nSPS) is 10.5. The number of aryl methyl sites for hydroxylation is 2. The molecule has 1 amide bonds. The SMILES string of the molecule is CCN(CC(=O)Nc1c(C)cccc1C)Cc1noc(CN)n1.Cl. The van der Waals surface area contributed by atoms with Crippen molar-refractivity contribution >= 4 is 24.0 Å². The molecule has 3 N–H and O–H groups in total. The van der Waals surface area contributed by atoms with E-state index in [-0.39, 0.29) is 31.4 Å². The minimum Gasteiger partial charge on any atom is -0.338 e. The average Bonchev–Trinajstić information content (AvgIpc) is 2.98. The lowest BCUT2D eigenvalue weighted by Crippen LogP contribution is -2.33. The second kappa shape index (κ2) is 9.36. The van der Waals surface area contributed by atoms with Gasteiger partial charge in [0.2, 0.25) is 11.8 Å². The number of carbonyl (C=O) groups excluding carboxylic acids is 1. The summed E-state index contributed by atoms with van der Waals surface area (Å²) in [5, 5.41) is 6.84. The Balaban J connectivity index is 0.00000288. The third-order valence-corrected chi connectivity index (χ3v) is 3.61. The number of para-hydroxylation sites is 1. The fraction of sp³-hybridized carbons (Fsp3) is 0.438. The molecule has 0 unspecified atom stereocenters. The van der Waals surface area contributed by atoms with Crippen LogP contribution < -0.4 is 11.1 Å². The number of halogens is 1. The van der Waals surface area contributed by atoms with E-state index in [0.29, 0.717) is 24.8 Å². The van der Waals surface area contributed by atoms with Crippen molar-refractivity contribution in [3.63, 3.8) is 0 Å². The van der Waals surface area contributed by atoms with E-state index in [4.69, 9.17) is 10.3 Å². The van der Waals surface area contributed by atoms with Gasteiger partial charge in [0.1, 0.15) is 0 Å². The number of hydrogen-bond acceptors (Lipinski definition) is 6. The molecule has 2 rings (SSSR count). The van der Waals surface area contributed by atoms with Gasteiger partial charge in [0.15, 0.2) is 5.82 Å². The van der Waals surface area contributed by atoms with Crippen molar-refractivity contribution in [2.24, 2.45) is 5.73 Å². The number of amides is 1. The fourth-order valence-electron chi connectivity index (χ4n) is 2.31. The summed E-state index contributed by atoms with van der Waals surface area (Å²) in [4.78, 5) is 18.4. The van der Waals surface area contributed by atoms with Crippen LogP contribution in [0.4, 0.5) is 5.69 Å². The number of anilines is 1. The van der Waals surface area contributed by atoms with Crippen molar-refractivity contribution in [3.05, 3.63) is 41.0 Å². The molecule has 0 radical (unpaired) electrons. The van der Waals surface area contributed by atoms with Crippen molar-refractivity contribution in [2.45, 2.75) is 33.9 Å². The molecule has 1 aromatic heterocycles. The highest BCUT2D eigenvalue weighted by Gasteiger charge is 2.14. The first-order valence-corrected chi connectivity index (χ1v) is 7.63. The van der Waals surface area contributed by atoms with Gasteiger partial charge in [0, 0.05) is 5.69 Å². The summed E-state index contributed by atoms with van der Waals surface area (Å²) in [5.74, 6) is 0.870. The van der Waals surface area contributed by atoms with Crippen LogP contribution >= 0.6 is 12.4 Å². The Labute approximate surface area is 148 Å². The van der Waals surface area contributed by atoms with Gasteiger partial charge in [-0.05, 0) is 31.5 Å². The summed E-state index contributed by atoms with van der Waals surface area (Å²) >= 11 is 0. The molecule has 1 heterocycles. The molecular formula is C16H24ClN5O2. The van der Waals surface area contributed by atoms with E-state index in [0.717, 1.165) is 16.8 Å². The van der Waals surface area contributed by atoms with Crippen molar-refractivity contribution in [3.8, 4) is 0 Å². The Morgan fingerprint density at radius 1 is 1.33 bits per heavy atom. The molecule has 1 aromatic carbocycles. The Hall–Kier alpha value is -1.96. The predicted molar refractivity (Wildman–Crippen MR) is 94.9 cm³/mol. The Morgan fingerprint density at radius 2 is 2.00 bits per heavy atom. The first kappa shape index (κ1) is 20.1. The molecule has 0 aliphatic rings. The summed E-state index contributed by atoms with van der Waals surface area (Å²) in [6.45, 7) is 7.56. The van der Waals surface area contributed by atoms with Crippen molar-refractivity contribution in [1.29, 1.82) is 0 Å². The lowest BCUT2D eigenvalue weighted by molar-refractivity contribution is -0.117. The van der Waals surface area contributed by atoms with Crippen LogP contribution in [0.1, 0.15) is 29.8 Å². The van der Waals surface area contributed by atoms with E-state index in [1.807, 2.05) is 43.9 Å². The van der Waals surface area contributed by atoms with Crippen LogP contribution in [0.2, 0.25) is 0 Å². The van der Waals surface area contributed by atoms with E-state index in [9.17, 15) is 4.79 Å². The molecule has 0 fully saturated rings. The molecule has 0 atom stereocenters. The lowest BCUT2D eigenvalue weighted by Gasteiger charge is -2.19. The number of nitrogens with two attached hydrogens (primary N) is 1. The van der Waals surface area contributed by atoms with E-state index in [1.165, 1.54) is 0 Å². The number of benzene rings is 1. The molecule has 0 bridgehead atoms. The first-order valence-electron chi connectivity index (χ1n) is 7.63. The zero-order chi connectivity index (χ0) is 16.8. The maximum atomic E-state index is 12.3. The van der Waals surface area contributed by atoms with Crippen molar-refractivity contribution in [2.75, 3.05) is 18.4 Å². The Morgan fingerprint density at radius 3 is 2.54 bits per heavy atom. The van der Waals surface area contributed by atoms with Crippen LogP contribution in [0.25, 0.3) is 0 Å². The lowest BCUT2D eigenvalue weighted by atomic mass is 10.1. The molecule has 0 aliphatic heterocycles. The third kappa shape index (κ3) is 5.30. The van der Waals surface area contributed by atoms with Crippen LogP contribution in [0.15, 0.2) is 22.7 Å². The number of aromatic nitrogens is 2. The van der Waals surface area contributed by atoms with Crippen molar-refractivity contribution < 1.29 is 9.32 Å². The number of carbonyl (C=O) groups is 1. The largest absolute Gasteiger partial charge is 0.338 e. The number of hydrogen-bond donors (Lipinski definition) is 2. The molecule has 0 spiro atoms. The predicted octanol–water partition coefficient (Wildman–Crippen LogP) is 2.03. The molecule has 2 aromatic rings. The molecule has 132 valence electrons. The average molecular weight is 354 g/mol. The summed E-state index contributed by atoms with van der Waals surface area (Å²) in [7, 11) is 0. The summed E-state index contributed by atoms with van der Waals surface area (Å²) in [5.41, 5.74) is 8.42. The third-order valence-electron chi connectivity index (χ3n) is 3.61. The minimum absolute atomic E-state index is 0. The number of nitrogens with zero attached hydrogens (tertiary/aromatic N) is 3. The number of likely N-dealkylation sites (N-methyl/N-ethyl adjacent to an activating group) is 1. The molecule has 0 aliphatic carbocycles. The van der Waals surface area contributed by atoms with Gasteiger partial charge < -0.3 is 15.6 Å². The van der Waals surface area contributed by atoms with Crippen LogP contribution in [0, 0.1) is 13.8 Å². The van der Waals surface area contributed by atoms with Gasteiger partial charge in [-0.15, -0.1) is 12.4 Å². The molecular weight excluding hydrogens is 330 g/mol. The monoisotopic (exact) mass is 353 g/mol. The van der Waals surface area contributed by atoms with E-state index in [1.54, 1.807) is 0 Å². The van der Waals surface area contributed by atoms with Gasteiger partial charge in [-0.1, -0.05) is 30.3 Å². The molecule has 0 saturated heterocycles. The second-order valence-electron chi connectivity index (χ2n) is 5.43. The highest BCUT2D eigenvalue weighted by Crippen LogP contribution is 2.19. The van der Waals surface area contributed by atoms with Crippen LogP contribution in [-0.2, 0) is 17.9 Å². The standard InChI is InChI=1S/C16H23N5O2.ClH/c1-4-21(9-13-18-15(8-17)23-20-13)10-14(22)19-16-11(2)6-5-7-12(16)3;/h5-7H,4,8-10,17H2,1-3H3,(H,19,22);1H. The van der Waals surface area contributed by atoms with E-state index in [2.05, 4.69) is 15.5 Å². The maximum absolute atomic E-state index is 12.3. The van der Waals surface area contributed by atoms with Crippen LogP contribution in [0.5, 0.6) is 0 Å². The van der Waals surface area contributed by atoms with Gasteiger partial charge in [0.05, 0.1) is 19.6 Å². The minimum atomic E-state index is -0.0632. The highest BCUT2D eigenvalue weighted by molar-refractivity contribution is 5.93. The summed E-state index contributed by atoms with van der Waals surface area (Å²) in [6, 6.07) is 5.94. The van der Waals surface area contributed by atoms with E-state index >= 15 is 0 Å². The molecule has 0 saturated carbocycles. The first-order chi connectivity index (χ1) is 11.0. The topological polar surface area (TPSA) is 97.3 Å². The Bertz CT molecular complexity index is 654. The van der Waals surface area contributed by atoms with Crippen LogP contribution in [-0.4, -0.2) is 34.0 Å². The van der Waals surface area contributed by atoms with Gasteiger partial charge in [0.25, 0.3) is 0 Å². The van der Waals surface area contributed by atoms with Gasteiger partial charge >= 0.3 is 0 Å². The number of nitrogens with one attached hydrogen (secondary N) is 1.